The number of nitro benzene ring substituents is 1. The van der Waals surface area contributed by atoms with Gasteiger partial charge in [0.15, 0.2) is 5.96 Å². The van der Waals surface area contributed by atoms with Crippen LogP contribution in [0.15, 0.2) is 29.3 Å². The summed E-state index contributed by atoms with van der Waals surface area (Å²) in [6.45, 7) is 0. The highest BCUT2D eigenvalue weighted by Crippen LogP contribution is 2.24. The number of non-ortho nitro benzene ring substituents is 1. The summed E-state index contributed by atoms with van der Waals surface area (Å²) < 4.78 is 0. The van der Waals surface area contributed by atoms with Gasteiger partial charge in [-0.2, -0.15) is 0 Å². The van der Waals surface area contributed by atoms with Gasteiger partial charge in [-0.05, 0) is 5.56 Å². The van der Waals surface area contributed by atoms with Crippen LogP contribution in [0.1, 0.15) is 18.0 Å². The van der Waals surface area contributed by atoms with Crippen LogP contribution in [0.25, 0.3) is 0 Å². The van der Waals surface area contributed by atoms with Gasteiger partial charge in [0.05, 0.1) is 17.4 Å². The van der Waals surface area contributed by atoms with Gasteiger partial charge in [-0.3, -0.25) is 14.9 Å². The van der Waals surface area contributed by atoms with Gasteiger partial charge in [-0.15, -0.1) is 0 Å². The number of rotatable bonds is 5. The lowest BCUT2D eigenvalue weighted by molar-refractivity contribution is -0.384. The molecule has 8 heteroatoms. The summed E-state index contributed by atoms with van der Waals surface area (Å²) in [6, 6.07) is 4.70. The number of aliphatic imine (C=N–C) groups is 1. The number of carbonyl (C=O) groups is 1. The fourth-order valence-corrected chi connectivity index (χ4v) is 1.43. The number of guanidine groups is 1. The summed E-state index contributed by atoms with van der Waals surface area (Å²) >= 11 is 0. The summed E-state index contributed by atoms with van der Waals surface area (Å²) in [5.74, 6) is -1.37. The highest BCUT2D eigenvalue weighted by molar-refractivity contribution is 5.77. The minimum Gasteiger partial charge on any atom is -0.481 e. The number of hydrogen-bond donors (Lipinski definition) is 3. The van der Waals surface area contributed by atoms with Gasteiger partial charge in [0.1, 0.15) is 0 Å². The van der Waals surface area contributed by atoms with E-state index in [0.717, 1.165) is 0 Å². The quantitative estimate of drug-likeness (QED) is 0.299. The molecule has 0 aliphatic heterocycles. The highest BCUT2D eigenvalue weighted by Gasteiger charge is 2.17. The Balaban J connectivity index is 3.12. The van der Waals surface area contributed by atoms with E-state index in [-0.39, 0.29) is 18.1 Å². The van der Waals surface area contributed by atoms with Gasteiger partial charge in [-0.25, -0.2) is 4.99 Å². The number of aliphatic carboxylic acids is 1. The number of nitrogens with zero attached hydrogens (tertiary/aromatic N) is 2. The van der Waals surface area contributed by atoms with E-state index in [1.165, 1.54) is 24.3 Å². The fourth-order valence-electron chi connectivity index (χ4n) is 1.43. The molecule has 1 unspecified atom stereocenters. The summed E-state index contributed by atoms with van der Waals surface area (Å²) in [4.78, 5) is 24.5. The third kappa shape index (κ3) is 3.74. The molecule has 0 saturated carbocycles. The van der Waals surface area contributed by atoms with E-state index < -0.39 is 16.9 Å². The van der Waals surface area contributed by atoms with Crippen LogP contribution < -0.4 is 11.5 Å². The first-order valence-electron chi connectivity index (χ1n) is 4.95. The Morgan fingerprint density at radius 2 is 2.17 bits per heavy atom. The molecule has 1 aromatic rings. The van der Waals surface area contributed by atoms with E-state index in [9.17, 15) is 14.9 Å². The molecule has 0 amide bonds. The Bertz CT molecular complexity index is 496. The molecule has 18 heavy (non-hydrogen) atoms. The highest BCUT2D eigenvalue weighted by atomic mass is 16.6. The van der Waals surface area contributed by atoms with Crippen LogP contribution in [0.2, 0.25) is 0 Å². The van der Waals surface area contributed by atoms with Crippen LogP contribution >= 0.6 is 0 Å². The Morgan fingerprint density at radius 3 is 2.67 bits per heavy atom. The van der Waals surface area contributed by atoms with Crippen molar-refractivity contribution in [2.75, 3.05) is 0 Å². The minimum absolute atomic E-state index is 0.145. The number of carboxylic acids is 1. The molecular weight excluding hydrogens is 240 g/mol. The van der Waals surface area contributed by atoms with Crippen molar-refractivity contribution < 1.29 is 14.8 Å². The van der Waals surface area contributed by atoms with Crippen LogP contribution in [0.4, 0.5) is 5.69 Å². The maximum absolute atomic E-state index is 10.7. The van der Waals surface area contributed by atoms with Crippen molar-refractivity contribution >= 4 is 17.6 Å². The lowest BCUT2D eigenvalue weighted by Crippen LogP contribution is -2.24. The molecule has 0 saturated heterocycles. The molecule has 5 N–H and O–H groups in total. The smallest absolute Gasteiger partial charge is 0.305 e. The van der Waals surface area contributed by atoms with Gasteiger partial charge in [0, 0.05) is 12.1 Å². The van der Waals surface area contributed by atoms with E-state index in [1.54, 1.807) is 0 Å². The van der Waals surface area contributed by atoms with Crippen LogP contribution in [-0.2, 0) is 4.79 Å². The SMILES string of the molecule is NC(N)=NC(CC(=O)O)c1cccc([N+](=O)[O-])c1. The van der Waals surface area contributed by atoms with E-state index >= 15 is 0 Å². The molecular formula is C10H12N4O4. The van der Waals surface area contributed by atoms with Gasteiger partial charge in [0.2, 0.25) is 0 Å². The second-order valence-corrected chi connectivity index (χ2v) is 3.52. The van der Waals surface area contributed by atoms with Gasteiger partial charge < -0.3 is 16.6 Å². The Hall–Kier alpha value is -2.64. The van der Waals surface area contributed by atoms with Crippen LogP contribution in [0.5, 0.6) is 0 Å². The van der Waals surface area contributed by atoms with Crippen molar-refractivity contribution in [2.45, 2.75) is 12.5 Å². The topological polar surface area (TPSA) is 145 Å². The standard InChI is InChI=1S/C10H12N4O4/c11-10(12)13-8(5-9(15)16)6-2-1-3-7(4-6)14(17)18/h1-4,8H,5H2,(H,15,16)(H4,11,12,13). The van der Waals surface area contributed by atoms with Crippen LogP contribution in [-0.4, -0.2) is 22.0 Å². The Kier molecular flexibility index (Phi) is 4.19. The lowest BCUT2D eigenvalue weighted by atomic mass is 10.0. The maximum atomic E-state index is 10.7. The first kappa shape index (κ1) is 13.4. The van der Waals surface area contributed by atoms with Crippen molar-refractivity contribution in [3.05, 3.63) is 39.9 Å². The van der Waals surface area contributed by atoms with E-state index in [2.05, 4.69) is 4.99 Å². The molecule has 0 fully saturated rings. The van der Waals surface area contributed by atoms with E-state index in [0.29, 0.717) is 5.56 Å². The van der Waals surface area contributed by atoms with E-state index in [1.807, 2.05) is 0 Å². The first-order chi connectivity index (χ1) is 8.40. The molecule has 1 aromatic carbocycles. The number of nitro groups is 1. The van der Waals surface area contributed by atoms with Gasteiger partial charge in [-0.1, -0.05) is 12.1 Å². The summed E-state index contributed by atoms with van der Waals surface area (Å²) in [5, 5.41) is 19.4. The summed E-state index contributed by atoms with van der Waals surface area (Å²) in [7, 11) is 0. The third-order valence-corrected chi connectivity index (χ3v) is 2.14. The Morgan fingerprint density at radius 1 is 1.50 bits per heavy atom. The normalized spacial score (nSPS) is 11.6. The average molecular weight is 252 g/mol. The number of benzene rings is 1. The molecule has 0 bridgehead atoms. The van der Waals surface area contributed by atoms with Crippen molar-refractivity contribution in [3.8, 4) is 0 Å². The molecule has 1 atom stereocenters. The minimum atomic E-state index is -1.10. The second kappa shape index (κ2) is 5.62. The molecule has 0 aliphatic rings. The Labute approximate surface area is 102 Å². The molecule has 96 valence electrons. The summed E-state index contributed by atoms with van der Waals surface area (Å²) in [6.07, 6.45) is -0.348. The molecule has 0 heterocycles. The largest absolute Gasteiger partial charge is 0.481 e. The van der Waals surface area contributed by atoms with Crippen LogP contribution in [0.3, 0.4) is 0 Å². The maximum Gasteiger partial charge on any atom is 0.305 e. The third-order valence-electron chi connectivity index (χ3n) is 2.14. The number of nitrogens with two attached hydrogens (primary N) is 2. The lowest BCUT2D eigenvalue weighted by Gasteiger charge is -2.10. The zero-order chi connectivity index (χ0) is 13.7. The van der Waals surface area contributed by atoms with Crippen molar-refractivity contribution in [1.29, 1.82) is 0 Å². The van der Waals surface area contributed by atoms with Crippen molar-refractivity contribution in [1.82, 2.24) is 0 Å². The predicted molar refractivity (Wildman–Crippen MR) is 63.9 cm³/mol. The second-order valence-electron chi connectivity index (χ2n) is 3.52. The number of carboxylic acid groups (broad SMARTS) is 1. The average Bonchev–Trinajstić information content (AvgIpc) is 2.27. The van der Waals surface area contributed by atoms with Gasteiger partial charge in [0.25, 0.3) is 5.69 Å². The monoisotopic (exact) mass is 252 g/mol. The van der Waals surface area contributed by atoms with Crippen molar-refractivity contribution in [3.63, 3.8) is 0 Å². The number of hydrogen-bond acceptors (Lipinski definition) is 4. The molecule has 8 nitrogen and oxygen atoms in total. The van der Waals surface area contributed by atoms with Gasteiger partial charge >= 0.3 is 5.97 Å². The first-order valence-corrected chi connectivity index (χ1v) is 4.95. The molecule has 0 radical (unpaired) electrons. The predicted octanol–water partition coefficient (Wildman–Crippen LogP) is 0.384. The fraction of sp³-hybridized carbons (Fsp3) is 0.200. The zero-order valence-corrected chi connectivity index (χ0v) is 9.31. The molecule has 0 aliphatic carbocycles. The van der Waals surface area contributed by atoms with Crippen molar-refractivity contribution in [2.24, 2.45) is 16.5 Å². The van der Waals surface area contributed by atoms with Crippen LogP contribution in [0, 0.1) is 10.1 Å². The zero-order valence-electron chi connectivity index (χ0n) is 9.31. The van der Waals surface area contributed by atoms with E-state index in [4.69, 9.17) is 16.6 Å². The molecule has 0 spiro atoms. The molecule has 0 aromatic heterocycles. The summed E-state index contributed by atoms with van der Waals surface area (Å²) in [5.41, 5.74) is 10.6. The molecule has 1 rings (SSSR count).